The summed E-state index contributed by atoms with van der Waals surface area (Å²) in [5.41, 5.74) is 2.16. The minimum absolute atomic E-state index is 0.000987. The van der Waals surface area contributed by atoms with Crippen LogP contribution in [0.25, 0.3) is 0 Å². The second kappa shape index (κ2) is 10.5. The van der Waals surface area contributed by atoms with Gasteiger partial charge in [-0.1, -0.05) is 35.9 Å². The molecule has 1 aliphatic heterocycles. The lowest BCUT2D eigenvalue weighted by Crippen LogP contribution is -2.48. The Hall–Kier alpha value is -2.75. The molecule has 3 rings (SSSR count). The fraction of sp³-hybridized carbons (Fsp3) is 0.417. The van der Waals surface area contributed by atoms with Crippen LogP contribution in [-0.2, 0) is 30.8 Å². The van der Waals surface area contributed by atoms with Crippen molar-refractivity contribution in [1.29, 1.82) is 0 Å². The lowest BCUT2D eigenvalue weighted by molar-refractivity contribution is -0.133. The van der Waals surface area contributed by atoms with Gasteiger partial charge in [0.15, 0.2) is 6.61 Å². The van der Waals surface area contributed by atoms with Gasteiger partial charge < -0.3 is 14.4 Å². The third-order valence-electron chi connectivity index (χ3n) is 5.39. The fourth-order valence-electron chi connectivity index (χ4n) is 3.64. The average molecular weight is 475 g/mol. The number of hydrogen-bond acceptors (Lipinski definition) is 6. The molecular weight excluding hydrogens is 444 g/mol. The Kier molecular flexibility index (Phi) is 7.88. The molecule has 0 radical (unpaired) electrons. The summed E-state index contributed by atoms with van der Waals surface area (Å²) in [6.07, 6.45) is -0.445. The number of rotatable bonds is 7. The van der Waals surface area contributed by atoms with E-state index in [1.54, 1.807) is 7.05 Å². The first kappa shape index (κ1) is 24.9. The number of hydrogen-bond donors (Lipinski definition) is 0. The highest BCUT2D eigenvalue weighted by Crippen LogP contribution is 2.22. The number of likely N-dealkylation sites (N-methyl/N-ethyl adjacent to an activating group) is 1. The van der Waals surface area contributed by atoms with E-state index in [2.05, 4.69) is 0 Å². The average Bonchev–Trinajstić information content (AvgIpc) is 2.78. The van der Waals surface area contributed by atoms with Crippen LogP contribution in [0.1, 0.15) is 35.3 Å². The van der Waals surface area contributed by atoms with Crippen LogP contribution >= 0.6 is 0 Å². The number of ether oxygens (including phenoxy) is 2. The Balaban J connectivity index is 1.62. The van der Waals surface area contributed by atoms with Crippen LogP contribution in [0.4, 0.5) is 0 Å². The van der Waals surface area contributed by atoms with Gasteiger partial charge in [-0.3, -0.25) is 4.79 Å². The van der Waals surface area contributed by atoms with Crippen LogP contribution in [-0.4, -0.2) is 68.5 Å². The summed E-state index contributed by atoms with van der Waals surface area (Å²) in [4.78, 5) is 26.4. The minimum Gasteiger partial charge on any atom is -0.452 e. The van der Waals surface area contributed by atoms with Crippen molar-refractivity contribution in [2.24, 2.45) is 0 Å². The molecule has 1 heterocycles. The first-order chi connectivity index (χ1) is 15.6. The monoisotopic (exact) mass is 474 g/mol. The predicted molar refractivity (Wildman–Crippen MR) is 123 cm³/mol. The Morgan fingerprint density at radius 2 is 1.73 bits per heavy atom. The number of amides is 1. The van der Waals surface area contributed by atoms with E-state index in [-0.39, 0.29) is 41.7 Å². The summed E-state index contributed by atoms with van der Waals surface area (Å²) in [5.74, 6) is -1.11. The number of esters is 1. The van der Waals surface area contributed by atoms with Crippen LogP contribution in [0.5, 0.6) is 0 Å². The van der Waals surface area contributed by atoms with E-state index in [0.717, 1.165) is 11.1 Å². The third kappa shape index (κ3) is 6.40. The summed E-state index contributed by atoms with van der Waals surface area (Å²) in [7, 11) is -2.16. The van der Waals surface area contributed by atoms with Gasteiger partial charge in [0.1, 0.15) is 0 Å². The third-order valence-corrected chi connectivity index (χ3v) is 7.21. The van der Waals surface area contributed by atoms with Crippen molar-refractivity contribution in [2.45, 2.75) is 44.4 Å². The van der Waals surface area contributed by atoms with Crippen LogP contribution in [0.3, 0.4) is 0 Å². The number of benzene rings is 2. The molecule has 2 atom stereocenters. The van der Waals surface area contributed by atoms with Crippen molar-refractivity contribution >= 4 is 21.9 Å². The maximum Gasteiger partial charge on any atom is 0.338 e. The van der Waals surface area contributed by atoms with E-state index >= 15 is 0 Å². The standard InChI is InChI=1S/C24H30N2O6S/c1-17-8-10-20(11-9-17)15-25(4)23(27)16-31-24(28)21-6-5-7-22(12-21)33(29,30)26-13-18(2)32-19(3)14-26/h5-12,18-19H,13-16H2,1-4H3. The Labute approximate surface area is 195 Å². The maximum absolute atomic E-state index is 13.1. The quantitative estimate of drug-likeness (QED) is 0.573. The number of nitrogens with zero attached hydrogens (tertiary/aromatic N) is 2. The number of carbonyl (C=O) groups excluding carboxylic acids is 2. The SMILES string of the molecule is Cc1ccc(CN(C)C(=O)COC(=O)c2cccc(S(=O)(=O)N3CC(C)OC(C)C3)c2)cc1. The fourth-order valence-corrected chi connectivity index (χ4v) is 5.27. The topological polar surface area (TPSA) is 93.2 Å². The first-order valence-electron chi connectivity index (χ1n) is 10.8. The molecule has 0 aromatic heterocycles. The Morgan fingerprint density at radius 3 is 2.36 bits per heavy atom. The van der Waals surface area contributed by atoms with Gasteiger partial charge in [-0.15, -0.1) is 0 Å². The van der Waals surface area contributed by atoms with Gasteiger partial charge in [0.05, 0.1) is 22.7 Å². The normalized spacial score (nSPS) is 19.2. The Bertz CT molecular complexity index is 1090. The van der Waals surface area contributed by atoms with Gasteiger partial charge in [0, 0.05) is 26.7 Å². The van der Waals surface area contributed by atoms with Gasteiger partial charge in [-0.2, -0.15) is 4.31 Å². The smallest absolute Gasteiger partial charge is 0.338 e. The highest BCUT2D eigenvalue weighted by Gasteiger charge is 2.32. The maximum atomic E-state index is 13.1. The molecule has 0 saturated carbocycles. The van der Waals surface area contributed by atoms with Crippen LogP contribution in [0.2, 0.25) is 0 Å². The van der Waals surface area contributed by atoms with E-state index < -0.39 is 22.6 Å². The van der Waals surface area contributed by atoms with Gasteiger partial charge >= 0.3 is 5.97 Å². The summed E-state index contributed by atoms with van der Waals surface area (Å²) in [6, 6.07) is 13.5. The summed E-state index contributed by atoms with van der Waals surface area (Å²) >= 11 is 0. The van der Waals surface area contributed by atoms with Crippen LogP contribution in [0.15, 0.2) is 53.4 Å². The highest BCUT2D eigenvalue weighted by molar-refractivity contribution is 7.89. The molecule has 1 fully saturated rings. The minimum atomic E-state index is -3.80. The van der Waals surface area contributed by atoms with E-state index in [0.29, 0.717) is 6.54 Å². The summed E-state index contributed by atoms with van der Waals surface area (Å²) < 4.78 is 38.2. The second-order valence-electron chi connectivity index (χ2n) is 8.42. The molecule has 178 valence electrons. The Morgan fingerprint density at radius 1 is 1.09 bits per heavy atom. The molecule has 0 N–H and O–H groups in total. The lowest BCUT2D eigenvalue weighted by Gasteiger charge is -2.34. The van der Waals surface area contributed by atoms with Gasteiger partial charge in [-0.05, 0) is 44.5 Å². The molecule has 1 saturated heterocycles. The van der Waals surface area contributed by atoms with Crippen molar-refractivity contribution < 1.29 is 27.5 Å². The molecule has 2 unspecified atom stereocenters. The molecular formula is C24H30N2O6S. The lowest BCUT2D eigenvalue weighted by atomic mass is 10.1. The van der Waals surface area contributed by atoms with Crippen LogP contribution in [0, 0.1) is 6.92 Å². The zero-order chi connectivity index (χ0) is 24.2. The van der Waals surface area contributed by atoms with Crippen LogP contribution < -0.4 is 0 Å². The molecule has 1 amide bonds. The molecule has 0 spiro atoms. The predicted octanol–water partition coefficient (Wildman–Crippen LogP) is 2.61. The zero-order valence-electron chi connectivity index (χ0n) is 19.4. The summed E-state index contributed by atoms with van der Waals surface area (Å²) in [5, 5.41) is 0. The molecule has 8 nitrogen and oxygen atoms in total. The molecule has 0 aliphatic carbocycles. The van der Waals surface area contributed by atoms with Gasteiger partial charge in [-0.25, -0.2) is 13.2 Å². The van der Waals surface area contributed by atoms with Crippen molar-refractivity contribution in [3.8, 4) is 0 Å². The van der Waals surface area contributed by atoms with Crippen molar-refractivity contribution in [3.63, 3.8) is 0 Å². The zero-order valence-corrected chi connectivity index (χ0v) is 20.2. The second-order valence-corrected chi connectivity index (χ2v) is 10.4. The van der Waals surface area contributed by atoms with E-state index in [9.17, 15) is 18.0 Å². The number of aryl methyl sites for hydroxylation is 1. The van der Waals surface area contributed by atoms with E-state index in [4.69, 9.17) is 9.47 Å². The summed E-state index contributed by atoms with van der Waals surface area (Å²) in [6.45, 7) is 6.06. The first-order valence-corrected chi connectivity index (χ1v) is 12.2. The number of morpholine rings is 1. The molecule has 2 aromatic carbocycles. The molecule has 9 heteroatoms. The number of carbonyl (C=O) groups is 2. The van der Waals surface area contributed by atoms with Gasteiger partial charge in [0.25, 0.3) is 5.91 Å². The van der Waals surface area contributed by atoms with E-state index in [1.165, 1.54) is 33.5 Å². The molecule has 33 heavy (non-hydrogen) atoms. The van der Waals surface area contributed by atoms with Gasteiger partial charge in [0.2, 0.25) is 10.0 Å². The number of sulfonamides is 1. The highest BCUT2D eigenvalue weighted by atomic mass is 32.2. The van der Waals surface area contributed by atoms with E-state index in [1.807, 2.05) is 45.0 Å². The molecule has 0 bridgehead atoms. The van der Waals surface area contributed by atoms with Crippen molar-refractivity contribution in [2.75, 3.05) is 26.7 Å². The largest absolute Gasteiger partial charge is 0.452 e. The molecule has 2 aromatic rings. The van der Waals surface area contributed by atoms with Crippen molar-refractivity contribution in [3.05, 3.63) is 65.2 Å². The molecule has 1 aliphatic rings. The van der Waals surface area contributed by atoms with Crippen molar-refractivity contribution in [1.82, 2.24) is 9.21 Å².